The molecule has 0 amide bonds. The molecule has 6 nitrogen and oxygen atoms in total. The summed E-state index contributed by atoms with van der Waals surface area (Å²) in [5.74, 6) is 1.10. The molecular formula is C21H19ClN2O4. The molecule has 3 aromatic rings. The van der Waals surface area contributed by atoms with E-state index in [0.29, 0.717) is 47.7 Å². The van der Waals surface area contributed by atoms with E-state index in [4.69, 9.17) is 25.8 Å². The largest absolute Gasteiger partial charge is 0.489 e. The zero-order chi connectivity index (χ0) is 19.3. The zero-order valence-electron chi connectivity index (χ0n) is 15.1. The molecule has 0 bridgehead atoms. The number of benzene rings is 2. The maximum Gasteiger partial charge on any atom is 0.338 e. The van der Waals surface area contributed by atoms with Crippen LogP contribution in [0.15, 0.2) is 54.9 Å². The van der Waals surface area contributed by atoms with Crippen LogP contribution in [-0.4, -0.2) is 28.7 Å². The van der Waals surface area contributed by atoms with Crippen molar-refractivity contribution in [2.45, 2.75) is 19.6 Å². The summed E-state index contributed by atoms with van der Waals surface area (Å²) >= 11 is 6.25. The summed E-state index contributed by atoms with van der Waals surface area (Å²) in [5.41, 5.74) is 1.46. The lowest BCUT2D eigenvalue weighted by Gasteiger charge is -2.12. The van der Waals surface area contributed by atoms with Gasteiger partial charge in [-0.1, -0.05) is 41.9 Å². The number of nitrogens with zero attached hydrogens (tertiary/aromatic N) is 2. The van der Waals surface area contributed by atoms with Crippen molar-refractivity contribution in [2.24, 2.45) is 0 Å². The fourth-order valence-electron chi connectivity index (χ4n) is 2.97. The molecule has 28 heavy (non-hydrogen) atoms. The molecule has 0 N–H and O–H groups in total. The number of hydrogen-bond acceptors (Lipinski definition) is 5. The van der Waals surface area contributed by atoms with Gasteiger partial charge in [0.05, 0.1) is 23.8 Å². The van der Waals surface area contributed by atoms with E-state index in [9.17, 15) is 4.79 Å². The highest BCUT2D eigenvalue weighted by atomic mass is 35.5. The van der Waals surface area contributed by atoms with Crippen LogP contribution in [0.5, 0.6) is 11.5 Å². The van der Waals surface area contributed by atoms with Crippen LogP contribution in [-0.2, 0) is 17.9 Å². The first kappa shape index (κ1) is 18.4. The van der Waals surface area contributed by atoms with Gasteiger partial charge >= 0.3 is 5.97 Å². The number of hydrogen-bond donors (Lipinski definition) is 0. The Hall–Kier alpha value is -2.99. The van der Waals surface area contributed by atoms with E-state index in [1.807, 2.05) is 41.1 Å². The summed E-state index contributed by atoms with van der Waals surface area (Å²) < 4.78 is 18.6. The van der Waals surface area contributed by atoms with Crippen LogP contribution in [0.2, 0.25) is 5.02 Å². The highest BCUT2D eigenvalue weighted by molar-refractivity contribution is 6.32. The Morgan fingerprint density at radius 2 is 2.00 bits per heavy atom. The molecule has 2 aromatic carbocycles. The SMILES string of the molecule is O=C(OCc1nccn1Cc1ccccc1)c1cc(Cl)c2c(c1)OCCCO2. The molecule has 0 fully saturated rings. The quantitative estimate of drug-likeness (QED) is 0.605. The molecule has 0 aliphatic carbocycles. The summed E-state index contributed by atoms with van der Waals surface area (Å²) in [4.78, 5) is 16.8. The lowest BCUT2D eigenvalue weighted by molar-refractivity contribution is 0.0458. The third kappa shape index (κ3) is 4.12. The van der Waals surface area contributed by atoms with Crippen molar-refractivity contribution in [3.05, 3.63) is 76.8 Å². The Labute approximate surface area is 167 Å². The molecule has 7 heteroatoms. The molecule has 144 valence electrons. The number of halogens is 1. The van der Waals surface area contributed by atoms with Crippen LogP contribution in [0.4, 0.5) is 0 Å². The first-order chi connectivity index (χ1) is 13.7. The number of carbonyl (C=O) groups is 1. The number of aromatic nitrogens is 2. The van der Waals surface area contributed by atoms with Gasteiger partial charge in [-0.2, -0.15) is 0 Å². The van der Waals surface area contributed by atoms with Crippen molar-refractivity contribution >= 4 is 17.6 Å². The first-order valence-electron chi connectivity index (χ1n) is 9.01. The highest BCUT2D eigenvalue weighted by Gasteiger charge is 2.19. The second-order valence-corrected chi connectivity index (χ2v) is 6.78. The minimum absolute atomic E-state index is 0.0602. The number of rotatable bonds is 5. The van der Waals surface area contributed by atoms with Gasteiger partial charge in [0, 0.05) is 25.4 Å². The van der Waals surface area contributed by atoms with Crippen molar-refractivity contribution in [1.82, 2.24) is 9.55 Å². The third-order valence-corrected chi connectivity index (χ3v) is 4.65. The Morgan fingerprint density at radius 3 is 2.86 bits per heavy atom. The number of carbonyl (C=O) groups excluding carboxylic acids is 1. The van der Waals surface area contributed by atoms with Crippen LogP contribution in [0.3, 0.4) is 0 Å². The lowest BCUT2D eigenvalue weighted by Crippen LogP contribution is -2.11. The molecule has 1 aliphatic heterocycles. The molecule has 0 unspecified atom stereocenters. The Morgan fingerprint density at radius 1 is 1.18 bits per heavy atom. The van der Waals surface area contributed by atoms with Crippen LogP contribution in [0, 0.1) is 0 Å². The van der Waals surface area contributed by atoms with Crippen molar-refractivity contribution < 1.29 is 19.0 Å². The van der Waals surface area contributed by atoms with E-state index in [-0.39, 0.29) is 6.61 Å². The van der Waals surface area contributed by atoms with E-state index >= 15 is 0 Å². The summed E-state index contributed by atoms with van der Waals surface area (Å²) in [6.45, 7) is 1.76. The van der Waals surface area contributed by atoms with Crippen molar-refractivity contribution in [3.8, 4) is 11.5 Å². The van der Waals surface area contributed by atoms with Crippen molar-refractivity contribution in [3.63, 3.8) is 0 Å². The number of imidazole rings is 1. The van der Waals surface area contributed by atoms with Gasteiger partial charge in [0.15, 0.2) is 11.5 Å². The predicted octanol–water partition coefficient (Wildman–Crippen LogP) is 4.10. The van der Waals surface area contributed by atoms with Crippen molar-refractivity contribution in [1.29, 1.82) is 0 Å². The second-order valence-electron chi connectivity index (χ2n) is 6.37. The highest BCUT2D eigenvalue weighted by Crippen LogP contribution is 2.38. The summed E-state index contributed by atoms with van der Waals surface area (Å²) in [6.07, 6.45) is 4.31. The average molecular weight is 399 g/mol. The van der Waals surface area contributed by atoms with Gasteiger partial charge in [-0.05, 0) is 17.7 Å². The predicted molar refractivity (Wildman–Crippen MR) is 104 cm³/mol. The fraction of sp³-hybridized carbons (Fsp3) is 0.238. The number of fused-ring (bicyclic) bond motifs is 1. The lowest BCUT2D eigenvalue weighted by atomic mass is 10.2. The number of ether oxygens (including phenoxy) is 3. The van der Waals surface area contributed by atoms with Gasteiger partial charge in [0.25, 0.3) is 0 Å². The van der Waals surface area contributed by atoms with Gasteiger partial charge in [0.2, 0.25) is 0 Å². The molecule has 0 saturated carbocycles. The Balaban J connectivity index is 1.45. The molecule has 0 atom stereocenters. The normalized spacial score (nSPS) is 13.0. The zero-order valence-corrected chi connectivity index (χ0v) is 15.9. The van der Waals surface area contributed by atoms with Crippen LogP contribution < -0.4 is 9.47 Å². The molecule has 1 aromatic heterocycles. The Bertz CT molecular complexity index is 972. The molecule has 4 rings (SSSR count). The van der Waals surface area contributed by atoms with Crippen LogP contribution in [0.1, 0.15) is 28.2 Å². The van der Waals surface area contributed by atoms with E-state index in [2.05, 4.69) is 4.98 Å². The number of esters is 1. The molecular weight excluding hydrogens is 380 g/mol. The van der Waals surface area contributed by atoms with Crippen LogP contribution in [0.25, 0.3) is 0 Å². The average Bonchev–Trinajstić information content (AvgIpc) is 3.00. The Kier molecular flexibility index (Phi) is 5.48. The van der Waals surface area contributed by atoms with E-state index < -0.39 is 5.97 Å². The molecule has 0 radical (unpaired) electrons. The molecule has 2 heterocycles. The maximum absolute atomic E-state index is 12.5. The van der Waals surface area contributed by atoms with Crippen LogP contribution >= 0.6 is 11.6 Å². The van der Waals surface area contributed by atoms with Gasteiger partial charge in [0.1, 0.15) is 12.4 Å². The van der Waals surface area contributed by atoms with E-state index in [1.54, 1.807) is 12.3 Å². The van der Waals surface area contributed by atoms with Crippen molar-refractivity contribution in [2.75, 3.05) is 13.2 Å². The van der Waals surface area contributed by atoms with E-state index in [1.165, 1.54) is 6.07 Å². The fourth-order valence-corrected chi connectivity index (χ4v) is 3.23. The minimum Gasteiger partial charge on any atom is -0.489 e. The monoisotopic (exact) mass is 398 g/mol. The summed E-state index contributed by atoms with van der Waals surface area (Å²) in [6, 6.07) is 13.2. The molecule has 1 aliphatic rings. The first-order valence-corrected chi connectivity index (χ1v) is 9.39. The molecule has 0 saturated heterocycles. The second kappa shape index (κ2) is 8.35. The van der Waals surface area contributed by atoms with E-state index in [0.717, 1.165) is 12.0 Å². The maximum atomic E-state index is 12.5. The van der Waals surface area contributed by atoms with Gasteiger partial charge in [-0.15, -0.1) is 0 Å². The standard InChI is InChI=1S/C21H19ClN2O4/c22-17-11-16(12-18-20(17)27-10-4-9-26-18)21(25)28-14-19-23-7-8-24(19)13-15-5-2-1-3-6-15/h1-3,5-8,11-12H,4,9-10,13-14H2. The third-order valence-electron chi connectivity index (χ3n) is 4.37. The topological polar surface area (TPSA) is 62.6 Å². The smallest absolute Gasteiger partial charge is 0.338 e. The summed E-state index contributed by atoms with van der Waals surface area (Å²) in [5, 5.41) is 0.330. The minimum atomic E-state index is -0.494. The van der Waals surface area contributed by atoms with Gasteiger partial charge < -0.3 is 18.8 Å². The molecule has 0 spiro atoms. The van der Waals surface area contributed by atoms with Gasteiger partial charge in [-0.3, -0.25) is 0 Å². The van der Waals surface area contributed by atoms with Gasteiger partial charge in [-0.25, -0.2) is 9.78 Å². The summed E-state index contributed by atoms with van der Waals surface area (Å²) in [7, 11) is 0.